The highest BCUT2D eigenvalue weighted by Gasteiger charge is 2.42. The second-order valence-corrected chi connectivity index (χ2v) is 9.16. The monoisotopic (exact) mass is 408 g/mol. The molecule has 7 nitrogen and oxygen atoms in total. The number of rotatable bonds is 5. The second-order valence-electron chi connectivity index (χ2n) is 9.16. The van der Waals surface area contributed by atoms with E-state index >= 15 is 0 Å². The van der Waals surface area contributed by atoms with Gasteiger partial charge in [-0.25, -0.2) is 0 Å². The maximum atomic E-state index is 12.9. The summed E-state index contributed by atoms with van der Waals surface area (Å²) in [5, 5.41) is 12.8. The number of nitrogens with zero attached hydrogens (tertiary/aromatic N) is 3. The third-order valence-electron chi connectivity index (χ3n) is 7.41. The minimum absolute atomic E-state index is 0.0142. The van der Waals surface area contributed by atoms with Gasteiger partial charge in [-0.05, 0) is 68.9 Å². The Hall–Kier alpha value is -2.75. The molecule has 1 aliphatic heterocycles. The molecular formula is C23H28N4O3. The lowest BCUT2D eigenvalue weighted by atomic mass is 9.83. The number of fused-ring (bicyclic) bond motifs is 2. The minimum atomic E-state index is 0.0142. The van der Waals surface area contributed by atoms with Crippen LogP contribution in [0.4, 0.5) is 5.88 Å². The highest BCUT2D eigenvalue weighted by molar-refractivity contribution is 5.79. The molecule has 1 amide bonds. The van der Waals surface area contributed by atoms with E-state index in [1.165, 1.54) is 25.7 Å². The van der Waals surface area contributed by atoms with Crippen molar-refractivity contribution in [1.29, 1.82) is 5.26 Å². The van der Waals surface area contributed by atoms with Gasteiger partial charge in [0.2, 0.25) is 17.5 Å². The van der Waals surface area contributed by atoms with E-state index < -0.39 is 0 Å². The molecule has 0 spiro atoms. The predicted molar refractivity (Wildman–Crippen MR) is 110 cm³/mol. The van der Waals surface area contributed by atoms with Crippen molar-refractivity contribution in [2.75, 3.05) is 18.0 Å². The van der Waals surface area contributed by atoms with Gasteiger partial charge < -0.3 is 19.1 Å². The van der Waals surface area contributed by atoms with Crippen molar-refractivity contribution in [2.24, 2.45) is 23.7 Å². The third-order valence-corrected chi connectivity index (χ3v) is 7.41. The average Bonchev–Trinajstić information content (AvgIpc) is 3.57. The Kier molecular flexibility index (Phi) is 5.01. The van der Waals surface area contributed by atoms with Crippen LogP contribution in [0.2, 0.25) is 0 Å². The molecule has 30 heavy (non-hydrogen) atoms. The molecule has 2 aromatic heterocycles. The normalized spacial score (nSPS) is 27.2. The fraction of sp³-hybridized carbons (Fsp3) is 0.609. The van der Waals surface area contributed by atoms with E-state index in [-0.39, 0.29) is 23.6 Å². The van der Waals surface area contributed by atoms with Gasteiger partial charge in [0, 0.05) is 25.0 Å². The van der Waals surface area contributed by atoms with Gasteiger partial charge in [0.15, 0.2) is 5.76 Å². The zero-order valence-corrected chi connectivity index (χ0v) is 17.3. The molecule has 1 saturated heterocycles. The maximum Gasteiger partial charge on any atom is 0.266 e. The molecule has 3 fully saturated rings. The molecule has 3 aliphatic rings. The number of anilines is 1. The average molecular weight is 409 g/mol. The van der Waals surface area contributed by atoms with E-state index in [4.69, 9.17) is 8.83 Å². The van der Waals surface area contributed by atoms with Crippen molar-refractivity contribution in [3.8, 4) is 17.7 Å². The lowest BCUT2D eigenvalue weighted by Crippen LogP contribution is -2.46. The summed E-state index contributed by atoms with van der Waals surface area (Å²) in [6, 6.07) is 5.89. The minimum Gasteiger partial charge on any atom is -0.459 e. The van der Waals surface area contributed by atoms with Crippen LogP contribution in [-0.2, 0) is 4.79 Å². The number of nitriles is 1. The van der Waals surface area contributed by atoms with Crippen molar-refractivity contribution in [3.63, 3.8) is 0 Å². The molecule has 5 rings (SSSR count). The number of aromatic nitrogens is 1. The molecular weight excluding hydrogens is 380 g/mol. The molecule has 0 radical (unpaired) electrons. The number of oxazole rings is 1. The molecule has 7 heteroatoms. The van der Waals surface area contributed by atoms with Crippen LogP contribution in [0.1, 0.15) is 51.1 Å². The quantitative estimate of drug-likeness (QED) is 0.804. The molecule has 2 bridgehead atoms. The second kappa shape index (κ2) is 7.82. The first-order chi connectivity index (χ1) is 14.6. The standard InChI is InChI=1S/C23H28N4O3/c1-14(18-12-15-4-5-17(18)11-15)25-21(28)16-6-8-27(9-7-16)23-19(13-24)26-22(30-23)20-3-2-10-29-20/h2-3,10,14-18H,4-9,11-12H2,1H3,(H,25,28). The van der Waals surface area contributed by atoms with Crippen LogP contribution in [0.15, 0.2) is 27.2 Å². The number of furan rings is 1. The van der Waals surface area contributed by atoms with Crippen molar-refractivity contribution in [3.05, 3.63) is 24.1 Å². The van der Waals surface area contributed by atoms with Crippen LogP contribution in [-0.4, -0.2) is 30.0 Å². The van der Waals surface area contributed by atoms with E-state index in [0.717, 1.165) is 24.7 Å². The van der Waals surface area contributed by atoms with Crippen LogP contribution in [0, 0.1) is 35.0 Å². The fourth-order valence-electron chi connectivity index (χ4n) is 5.81. The summed E-state index contributed by atoms with van der Waals surface area (Å²) >= 11 is 0. The number of carbonyl (C=O) groups is 1. The summed E-state index contributed by atoms with van der Waals surface area (Å²) in [6.45, 7) is 3.52. The lowest BCUT2D eigenvalue weighted by molar-refractivity contribution is -0.126. The smallest absolute Gasteiger partial charge is 0.266 e. The molecule has 0 aromatic carbocycles. The first-order valence-corrected chi connectivity index (χ1v) is 11.1. The SMILES string of the molecule is CC(NC(=O)C1CCN(c2oc(-c3ccco3)nc2C#N)CC1)C1CC2CCC1C2. The highest BCUT2D eigenvalue weighted by Crippen LogP contribution is 2.49. The Morgan fingerprint density at radius 2 is 2.13 bits per heavy atom. The number of hydrogen-bond donors (Lipinski definition) is 1. The fourth-order valence-corrected chi connectivity index (χ4v) is 5.81. The lowest BCUT2D eigenvalue weighted by Gasteiger charge is -2.33. The number of nitrogens with one attached hydrogen (secondary N) is 1. The van der Waals surface area contributed by atoms with Crippen LogP contribution in [0.5, 0.6) is 0 Å². The topological polar surface area (TPSA) is 95.3 Å². The molecule has 4 atom stereocenters. The number of carbonyl (C=O) groups excluding carboxylic acids is 1. The molecule has 2 saturated carbocycles. The molecule has 3 heterocycles. The summed E-state index contributed by atoms with van der Waals surface area (Å²) < 4.78 is 11.2. The zero-order chi connectivity index (χ0) is 20.7. The summed E-state index contributed by atoms with van der Waals surface area (Å²) in [7, 11) is 0. The van der Waals surface area contributed by atoms with E-state index in [1.54, 1.807) is 18.4 Å². The van der Waals surface area contributed by atoms with Gasteiger partial charge in [-0.2, -0.15) is 10.2 Å². The Morgan fingerprint density at radius 1 is 1.30 bits per heavy atom. The summed E-state index contributed by atoms with van der Waals surface area (Å²) in [5.41, 5.74) is 0.259. The molecule has 158 valence electrons. The molecule has 4 unspecified atom stereocenters. The van der Waals surface area contributed by atoms with E-state index in [1.807, 2.05) is 4.90 Å². The van der Waals surface area contributed by atoms with Crippen molar-refractivity contribution >= 4 is 11.8 Å². The van der Waals surface area contributed by atoms with E-state index in [0.29, 0.717) is 36.5 Å². The number of amides is 1. The van der Waals surface area contributed by atoms with Gasteiger partial charge in [0.1, 0.15) is 6.07 Å². The number of piperidine rings is 1. The van der Waals surface area contributed by atoms with Gasteiger partial charge in [-0.3, -0.25) is 4.79 Å². The zero-order valence-electron chi connectivity index (χ0n) is 17.3. The van der Waals surface area contributed by atoms with E-state index in [9.17, 15) is 10.1 Å². The van der Waals surface area contributed by atoms with Gasteiger partial charge in [0.05, 0.1) is 6.26 Å². The molecule has 2 aliphatic carbocycles. The first kappa shape index (κ1) is 19.2. The Labute approximate surface area is 176 Å². The Bertz CT molecular complexity index is 936. The summed E-state index contributed by atoms with van der Waals surface area (Å²) in [5.74, 6) is 3.84. The van der Waals surface area contributed by atoms with Crippen LogP contribution in [0.3, 0.4) is 0 Å². The van der Waals surface area contributed by atoms with Gasteiger partial charge >= 0.3 is 0 Å². The van der Waals surface area contributed by atoms with Crippen LogP contribution in [0.25, 0.3) is 11.7 Å². The van der Waals surface area contributed by atoms with Gasteiger partial charge in [-0.15, -0.1) is 0 Å². The third kappa shape index (κ3) is 3.49. The molecule has 2 aromatic rings. The van der Waals surface area contributed by atoms with E-state index in [2.05, 4.69) is 23.3 Å². The largest absolute Gasteiger partial charge is 0.459 e. The molecule has 1 N–H and O–H groups in total. The van der Waals surface area contributed by atoms with Crippen molar-refractivity contribution in [1.82, 2.24) is 10.3 Å². The van der Waals surface area contributed by atoms with Crippen molar-refractivity contribution < 1.29 is 13.6 Å². The Balaban J connectivity index is 1.18. The Morgan fingerprint density at radius 3 is 2.77 bits per heavy atom. The maximum absolute atomic E-state index is 12.9. The van der Waals surface area contributed by atoms with Gasteiger partial charge in [0.25, 0.3) is 5.89 Å². The van der Waals surface area contributed by atoms with Crippen LogP contribution < -0.4 is 10.2 Å². The van der Waals surface area contributed by atoms with Gasteiger partial charge in [-0.1, -0.05) is 6.42 Å². The first-order valence-electron chi connectivity index (χ1n) is 11.1. The summed E-state index contributed by atoms with van der Waals surface area (Å²) in [6.07, 6.45) is 8.41. The highest BCUT2D eigenvalue weighted by atomic mass is 16.4. The predicted octanol–water partition coefficient (Wildman–Crippen LogP) is 3.96. The number of hydrogen-bond acceptors (Lipinski definition) is 6. The van der Waals surface area contributed by atoms with Crippen LogP contribution >= 0.6 is 0 Å². The summed E-state index contributed by atoms with van der Waals surface area (Å²) in [4.78, 5) is 19.1. The van der Waals surface area contributed by atoms with Crippen molar-refractivity contribution in [2.45, 2.75) is 51.5 Å².